The molecule has 0 unspecified atom stereocenters. The van der Waals surface area contributed by atoms with Crippen LogP contribution >= 0.6 is 0 Å². The van der Waals surface area contributed by atoms with E-state index in [0.29, 0.717) is 0 Å². The summed E-state index contributed by atoms with van der Waals surface area (Å²) in [6.07, 6.45) is 2.46. The number of carbonyl (C=O) groups is 1. The van der Waals surface area contributed by atoms with Crippen molar-refractivity contribution in [2.75, 3.05) is 0 Å². The molecule has 1 aromatic rings. The first-order valence-electron chi connectivity index (χ1n) is 7.60. The van der Waals surface area contributed by atoms with Crippen molar-refractivity contribution in [2.24, 2.45) is 5.92 Å². The largest absolute Gasteiger partial charge is 0.444 e. The molecule has 0 radical (unpaired) electrons. The van der Waals surface area contributed by atoms with Crippen molar-refractivity contribution < 1.29 is 14.6 Å². The van der Waals surface area contributed by atoms with Crippen molar-refractivity contribution in [1.82, 2.24) is 5.32 Å². The first-order valence-corrected chi connectivity index (χ1v) is 7.60. The molecule has 0 aliphatic carbocycles. The van der Waals surface area contributed by atoms with Crippen molar-refractivity contribution in [3.63, 3.8) is 0 Å². The number of benzene rings is 1. The van der Waals surface area contributed by atoms with E-state index in [1.165, 1.54) is 0 Å². The van der Waals surface area contributed by atoms with Gasteiger partial charge in [0.25, 0.3) is 0 Å². The minimum atomic E-state index is -0.688. The Morgan fingerprint density at radius 3 is 2.32 bits per heavy atom. The number of aliphatic hydroxyl groups is 1. The van der Waals surface area contributed by atoms with E-state index in [9.17, 15) is 9.90 Å². The van der Waals surface area contributed by atoms with Crippen LogP contribution in [0.5, 0.6) is 0 Å². The molecule has 2 N–H and O–H groups in total. The van der Waals surface area contributed by atoms with Gasteiger partial charge in [0.05, 0.1) is 12.1 Å². The molecule has 4 nitrogen and oxygen atoms in total. The lowest BCUT2D eigenvalue weighted by molar-refractivity contribution is 0.0411. The van der Waals surface area contributed by atoms with Gasteiger partial charge in [0, 0.05) is 0 Å². The minimum Gasteiger partial charge on any atom is -0.444 e. The van der Waals surface area contributed by atoms with Crippen LogP contribution in [0.25, 0.3) is 6.08 Å². The van der Waals surface area contributed by atoms with Gasteiger partial charge in [0.1, 0.15) is 5.60 Å². The smallest absolute Gasteiger partial charge is 0.408 e. The molecule has 1 aromatic carbocycles. The second-order valence-electron chi connectivity index (χ2n) is 6.68. The van der Waals surface area contributed by atoms with Gasteiger partial charge in [-0.1, -0.05) is 56.3 Å². The number of nitrogens with one attached hydrogen (secondary N) is 1. The number of alkyl carbamates (subject to hydrolysis) is 1. The molecule has 0 saturated heterocycles. The maximum Gasteiger partial charge on any atom is 0.408 e. The van der Waals surface area contributed by atoms with E-state index in [0.717, 1.165) is 5.56 Å². The number of ether oxygens (including phenoxy) is 1. The van der Waals surface area contributed by atoms with Crippen LogP contribution in [-0.2, 0) is 4.74 Å². The minimum absolute atomic E-state index is 0.0142. The van der Waals surface area contributed by atoms with Crippen molar-refractivity contribution in [1.29, 1.82) is 0 Å². The zero-order chi connectivity index (χ0) is 16.8. The van der Waals surface area contributed by atoms with Crippen LogP contribution in [0.15, 0.2) is 36.4 Å². The van der Waals surface area contributed by atoms with E-state index < -0.39 is 23.8 Å². The van der Waals surface area contributed by atoms with Crippen molar-refractivity contribution >= 4 is 12.2 Å². The number of amides is 1. The molecule has 0 heterocycles. The highest BCUT2D eigenvalue weighted by molar-refractivity contribution is 5.69. The summed E-state index contributed by atoms with van der Waals surface area (Å²) in [6, 6.07) is 9.24. The van der Waals surface area contributed by atoms with Gasteiger partial charge >= 0.3 is 6.09 Å². The van der Waals surface area contributed by atoms with E-state index in [1.54, 1.807) is 26.8 Å². The number of hydrogen-bond acceptors (Lipinski definition) is 3. The Morgan fingerprint density at radius 2 is 1.82 bits per heavy atom. The molecule has 1 rings (SSSR count). The normalized spacial score (nSPS) is 14.9. The Kier molecular flexibility index (Phi) is 6.62. The van der Waals surface area contributed by atoms with Gasteiger partial charge in [-0.3, -0.25) is 0 Å². The fraction of sp³-hybridized carbons (Fsp3) is 0.500. The topological polar surface area (TPSA) is 58.6 Å². The Labute approximate surface area is 133 Å². The first-order chi connectivity index (χ1) is 10.2. The van der Waals surface area contributed by atoms with Gasteiger partial charge in [-0.05, 0) is 32.3 Å². The first kappa shape index (κ1) is 18.2. The average Bonchev–Trinajstić information content (AvgIpc) is 2.41. The predicted octanol–water partition coefficient (Wildman–Crippen LogP) is 3.61. The summed E-state index contributed by atoms with van der Waals surface area (Å²) in [5, 5.41) is 13.0. The summed E-state index contributed by atoms with van der Waals surface area (Å²) in [5.74, 6) is 0.0142. The Balaban J connectivity index is 2.80. The lowest BCUT2D eigenvalue weighted by atomic mass is 9.98. The Morgan fingerprint density at radius 1 is 1.23 bits per heavy atom. The van der Waals surface area contributed by atoms with Crippen LogP contribution in [-0.4, -0.2) is 28.9 Å². The molecule has 0 aromatic heterocycles. The van der Waals surface area contributed by atoms with Gasteiger partial charge in [0.15, 0.2) is 0 Å². The number of carbonyl (C=O) groups excluding carboxylic acids is 1. The van der Waals surface area contributed by atoms with Crippen LogP contribution in [0, 0.1) is 5.92 Å². The summed E-state index contributed by atoms with van der Waals surface area (Å²) in [5.41, 5.74) is 0.440. The summed E-state index contributed by atoms with van der Waals surface area (Å²) in [6.45, 7) is 9.23. The zero-order valence-electron chi connectivity index (χ0n) is 14.0. The van der Waals surface area contributed by atoms with E-state index in [-0.39, 0.29) is 5.92 Å². The Bertz CT molecular complexity index is 489. The van der Waals surface area contributed by atoms with Gasteiger partial charge in [-0.25, -0.2) is 4.79 Å². The molecule has 22 heavy (non-hydrogen) atoms. The third kappa shape index (κ3) is 6.76. The summed E-state index contributed by atoms with van der Waals surface area (Å²) in [7, 11) is 0. The van der Waals surface area contributed by atoms with E-state index >= 15 is 0 Å². The average molecular weight is 305 g/mol. The van der Waals surface area contributed by atoms with Crippen LogP contribution in [0.3, 0.4) is 0 Å². The fourth-order valence-corrected chi connectivity index (χ4v) is 1.88. The molecule has 0 bridgehead atoms. The van der Waals surface area contributed by atoms with Crippen LogP contribution in [0.1, 0.15) is 40.2 Å². The monoisotopic (exact) mass is 305 g/mol. The number of hydrogen-bond donors (Lipinski definition) is 2. The van der Waals surface area contributed by atoms with Crippen LogP contribution in [0.4, 0.5) is 4.79 Å². The third-order valence-corrected chi connectivity index (χ3v) is 3.03. The third-order valence-electron chi connectivity index (χ3n) is 3.03. The highest BCUT2D eigenvalue weighted by Gasteiger charge is 2.24. The summed E-state index contributed by atoms with van der Waals surface area (Å²) >= 11 is 0. The second-order valence-corrected chi connectivity index (χ2v) is 6.68. The summed E-state index contributed by atoms with van der Waals surface area (Å²) in [4.78, 5) is 11.9. The lowest BCUT2D eigenvalue weighted by Crippen LogP contribution is -2.46. The highest BCUT2D eigenvalue weighted by Crippen LogP contribution is 2.12. The summed E-state index contributed by atoms with van der Waals surface area (Å²) < 4.78 is 5.26. The maximum absolute atomic E-state index is 11.9. The molecular weight excluding hydrogens is 278 g/mol. The van der Waals surface area contributed by atoms with Crippen LogP contribution < -0.4 is 5.32 Å². The molecule has 0 spiro atoms. The van der Waals surface area contributed by atoms with Gasteiger partial charge in [-0.15, -0.1) is 0 Å². The second kappa shape index (κ2) is 7.99. The quantitative estimate of drug-likeness (QED) is 0.873. The fourth-order valence-electron chi connectivity index (χ4n) is 1.88. The van der Waals surface area contributed by atoms with E-state index in [1.807, 2.05) is 50.3 Å². The Hall–Kier alpha value is -1.81. The van der Waals surface area contributed by atoms with E-state index in [2.05, 4.69) is 5.32 Å². The number of rotatable bonds is 5. The molecular formula is C18H27NO3. The predicted molar refractivity (Wildman–Crippen MR) is 89.5 cm³/mol. The molecule has 122 valence electrons. The molecule has 0 fully saturated rings. The van der Waals surface area contributed by atoms with Crippen molar-refractivity contribution in [2.45, 2.75) is 52.4 Å². The molecule has 0 aliphatic rings. The SMILES string of the molecule is CC(C)[C@@H](O)[C@H](/C=C/c1ccccc1)NC(=O)OC(C)(C)C. The van der Waals surface area contributed by atoms with Gasteiger partial charge in [0.2, 0.25) is 0 Å². The standard InChI is InChI=1S/C18H27NO3/c1-13(2)16(20)15(19-17(21)22-18(3,4)5)12-11-14-9-7-6-8-10-14/h6-13,15-16,20H,1-5H3,(H,19,21)/b12-11+/t15-,16+/m0/s1. The van der Waals surface area contributed by atoms with Crippen LogP contribution in [0.2, 0.25) is 0 Å². The lowest BCUT2D eigenvalue weighted by Gasteiger charge is -2.26. The molecule has 1 amide bonds. The van der Waals surface area contributed by atoms with Gasteiger partial charge < -0.3 is 15.2 Å². The molecule has 0 saturated carbocycles. The highest BCUT2D eigenvalue weighted by atomic mass is 16.6. The van der Waals surface area contributed by atoms with Crippen molar-refractivity contribution in [3.05, 3.63) is 42.0 Å². The zero-order valence-corrected chi connectivity index (χ0v) is 14.0. The van der Waals surface area contributed by atoms with Crippen molar-refractivity contribution in [3.8, 4) is 0 Å². The van der Waals surface area contributed by atoms with Gasteiger partial charge in [-0.2, -0.15) is 0 Å². The molecule has 2 atom stereocenters. The number of aliphatic hydroxyl groups excluding tert-OH is 1. The van der Waals surface area contributed by atoms with E-state index in [4.69, 9.17) is 4.74 Å². The molecule has 0 aliphatic heterocycles. The molecule has 4 heteroatoms. The maximum atomic E-state index is 11.9.